The molecule has 0 aliphatic carbocycles. The van der Waals surface area contributed by atoms with Gasteiger partial charge in [-0.1, -0.05) is 6.07 Å². The van der Waals surface area contributed by atoms with Gasteiger partial charge in [-0.05, 0) is 30.7 Å². The van der Waals surface area contributed by atoms with Crippen LogP contribution in [0.4, 0.5) is 0 Å². The molecule has 2 aliphatic heterocycles. The van der Waals surface area contributed by atoms with Crippen molar-refractivity contribution in [3.63, 3.8) is 0 Å². The molecule has 2 aromatic heterocycles. The number of pyridine rings is 1. The summed E-state index contributed by atoms with van der Waals surface area (Å²) >= 11 is 0. The summed E-state index contributed by atoms with van der Waals surface area (Å²) in [5.41, 5.74) is 2.41. The summed E-state index contributed by atoms with van der Waals surface area (Å²) in [6.45, 7) is 3.67. The zero-order chi connectivity index (χ0) is 18.3. The van der Waals surface area contributed by atoms with Crippen LogP contribution in [0.3, 0.4) is 0 Å². The van der Waals surface area contributed by atoms with E-state index in [4.69, 9.17) is 0 Å². The Morgan fingerprint density at radius 2 is 2.08 bits per heavy atom. The molecule has 4 heterocycles. The maximum absolute atomic E-state index is 12.9. The van der Waals surface area contributed by atoms with Gasteiger partial charge in [0.25, 0.3) is 5.91 Å². The van der Waals surface area contributed by atoms with Gasteiger partial charge >= 0.3 is 0 Å². The highest BCUT2D eigenvalue weighted by molar-refractivity contribution is 7.91. The maximum Gasteiger partial charge on any atom is 0.270 e. The van der Waals surface area contributed by atoms with E-state index in [9.17, 15) is 13.2 Å². The van der Waals surface area contributed by atoms with Gasteiger partial charge < -0.3 is 9.88 Å². The first-order valence-electron chi connectivity index (χ1n) is 8.73. The Morgan fingerprint density at radius 1 is 1.27 bits per heavy atom. The van der Waals surface area contributed by atoms with Gasteiger partial charge in [-0.15, -0.1) is 0 Å². The SMILES string of the molecule is Cc1c[nH]c(C(=O)N2CCN(Cc3ccccn3)C3CS(=O)(=O)CC32)c1. The molecule has 2 aliphatic rings. The lowest BCUT2D eigenvalue weighted by Crippen LogP contribution is -2.60. The lowest BCUT2D eigenvalue weighted by molar-refractivity contribution is 0.0298. The van der Waals surface area contributed by atoms with Crippen molar-refractivity contribution in [1.29, 1.82) is 0 Å². The van der Waals surface area contributed by atoms with Crippen molar-refractivity contribution >= 4 is 15.7 Å². The fourth-order valence-corrected chi connectivity index (χ4v) is 5.97. The number of aromatic nitrogens is 2. The molecule has 2 unspecified atom stereocenters. The Labute approximate surface area is 152 Å². The molecular formula is C18H22N4O3S. The predicted octanol–water partition coefficient (Wildman–Crippen LogP) is 0.842. The Morgan fingerprint density at radius 3 is 2.77 bits per heavy atom. The van der Waals surface area contributed by atoms with Crippen LogP contribution in [-0.4, -0.2) is 70.8 Å². The Hall–Kier alpha value is -2.19. The van der Waals surface area contributed by atoms with Gasteiger partial charge in [0.1, 0.15) is 5.69 Å². The minimum absolute atomic E-state index is 0.0296. The van der Waals surface area contributed by atoms with Gasteiger partial charge in [-0.2, -0.15) is 0 Å². The fourth-order valence-electron chi connectivity index (χ4n) is 3.95. The summed E-state index contributed by atoms with van der Waals surface area (Å²) in [4.78, 5) is 24.1. The average molecular weight is 374 g/mol. The molecular weight excluding hydrogens is 352 g/mol. The van der Waals surface area contributed by atoms with Crippen molar-refractivity contribution in [3.05, 3.63) is 53.6 Å². The van der Waals surface area contributed by atoms with Gasteiger partial charge in [0.2, 0.25) is 0 Å². The Balaban J connectivity index is 1.58. The number of fused-ring (bicyclic) bond motifs is 1. The number of sulfone groups is 1. The molecule has 0 radical (unpaired) electrons. The molecule has 0 saturated carbocycles. The van der Waals surface area contributed by atoms with Crippen molar-refractivity contribution in [2.45, 2.75) is 25.6 Å². The zero-order valence-electron chi connectivity index (χ0n) is 14.6. The summed E-state index contributed by atoms with van der Waals surface area (Å²) in [6.07, 6.45) is 3.53. The zero-order valence-corrected chi connectivity index (χ0v) is 15.4. The molecule has 0 aromatic carbocycles. The number of aromatic amines is 1. The monoisotopic (exact) mass is 374 g/mol. The molecule has 26 heavy (non-hydrogen) atoms. The van der Waals surface area contributed by atoms with Crippen molar-refractivity contribution in [2.75, 3.05) is 24.6 Å². The fraction of sp³-hybridized carbons (Fsp3) is 0.444. The normalized spacial score (nSPS) is 25.2. The predicted molar refractivity (Wildman–Crippen MR) is 97.4 cm³/mol. The molecule has 8 heteroatoms. The van der Waals surface area contributed by atoms with Crippen LogP contribution in [0.25, 0.3) is 0 Å². The van der Waals surface area contributed by atoms with E-state index in [1.54, 1.807) is 23.4 Å². The number of rotatable bonds is 3. The van der Waals surface area contributed by atoms with Gasteiger partial charge in [0.05, 0.1) is 23.2 Å². The van der Waals surface area contributed by atoms with Crippen LogP contribution in [0.15, 0.2) is 36.7 Å². The highest BCUT2D eigenvalue weighted by Gasteiger charge is 2.48. The maximum atomic E-state index is 12.9. The first-order chi connectivity index (χ1) is 12.4. The van der Waals surface area contributed by atoms with Gasteiger partial charge in [0, 0.05) is 38.1 Å². The van der Waals surface area contributed by atoms with Crippen LogP contribution in [0.1, 0.15) is 21.7 Å². The standard InChI is InChI=1S/C18H22N4O3S/c1-13-8-15(20-9-13)18(23)22-7-6-21(10-14-4-2-3-5-19-14)16-11-26(24,25)12-17(16)22/h2-5,8-9,16-17,20H,6-7,10-12H2,1H3. The lowest BCUT2D eigenvalue weighted by Gasteiger charge is -2.43. The van der Waals surface area contributed by atoms with E-state index in [2.05, 4.69) is 14.9 Å². The minimum Gasteiger partial charge on any atom is -0.357 e. The number of nitrogens with one attached hydrogen (secondary N) is 1. The van der Waals surface area contributed by atoms with E-state index < -0.39 is 9.84 Å². The number of hydrogen-bond donors (Lipinski definition) is 1. The summed E-state index contributed by atoms with van der Waals surface area (Å²) in [7, 11) is -3.16. The molecule has 138 valence electrons. The van der Waals surface area contributed by atoms with E-state index in [-0.39, 0.29) is 29.5 Å². The third-order valence-electron chi connectivity index (χ3n) is 5.20. The molecule has 0 spiro atoms. The highest BCUT2D eigenvalue weighted by Crippen LogP contribution is 2.29. The first kappa shape index (κ1) is 17.2. The third-order valence-corrected chi connectivity index (χ3v) is 6.90. The summed E-state index contributed by atoms with van der Waals surface area (Å²) in [5, 5.41) is 0. The topological polar surface area (TPSA) is 86.4 Å². The average Bonchev–Trinajstić information content (AvgIpc) is 3.18. The van der Waals surface area contributed by atoms with Crippen LogP contribution in [0.5, 0.6) is 0 Å². The van der Waals surface area contributed by atoms with Crippen LogP contribution in [-0.2, 0) is 16.4 Å². The van der Waals surface area contributed by atoms with Gasteiger partial charge in [-0.25, -0.2) is 8.42 Å². The Kier molecular flexibility index (Phi) is 4.32. The lowest BCUT2D eigenvalue weighted by atomic mass is 10.0. The number of carbonyl (C=O) groups is 1. The van der Waals surface area contributed by atoms with Crippen LogP contribution >= 0.6 is 0 Å². The number of amides is 1. The largest absolute Gasteiger partial charge is 0.357 e. The molecule has 2 saturated heterocycles. The molecule has 0 bridgehead atoms. The summed E-state index contributed by atoms with van der Waals surface area (Å²) in [6, 6.07) is 7.04. The van der Waals surface area contributed by atoms with E-state index in [1.807, 2.05) is 25.1 Å². The minimum atomic E-state index is -3.16. The van der Waals surface area contributed by atoms with Gasteiger partial charge in [0.15, 0.2) is 9.84 Å². The highest BCUT2D eigenvalue weighted by atomic mass is 32.2. The van der Waals surface area contributed by atoms with E-state index in [0.717, 1.165) is 11.3 Å². The van der Waals surface area contributed by atoms with E-state index >= 15 is 0 Å². The smallest absolute Gasteiger partial charge is 0.270 e. The number of hydrogen-bond acceptors (Lipinski definition) is 5. The van der Waals surface area contributed by atoms with Crippen molar-refractivity contribution in [2.24, 2.45) is 0 Å². The molecule has 1 amide bonds. The van der Waals surface area contributed by atoms with Gasteiger partial charge in [-0.3, -0.25) is 14.7 Å². The summed E-state index contributed by atoms with van der Waals surface area (Å²) in [5.74, 6) is 0.00234. The van der Waals surface area contributed by atoms with Crippen molar-refractivity contribution in [1.82, 2.24) is 19.8 Å². The van der Waals surface area contributed by atoms with Crippen molar-refractivity contribution in [3.8, 4) is 0 Å². The molecule has 2 aromatic rings. The van der Waals surface area contributed by atoms with E-state index in [0.29, 0.717) is 25.3 Å². The number of piperazine rings is 1. The summed E-state index contributed by atoms with van der Waals surface area (Å²) < 4.78 is 24.6. The number of carbonyl (C=O) groups excluding carboxylic acids is 1. The number of nitrogens with zero attached hydrogens (tertiary/aromatic N) is 3. The van der Waals surface area contributed by atoms with Crippen LogP contribution in [0, 0.1) is 6.92 Å². The second-order valence-corrected chi connectivity index (χ2v) is 9.25. The molecule has 2 fully saturated rings. The van der Waals surface area contributed by atoms with Crippen LogP contribution < -0.4 is 0 Å². The number of H-pyrrole nitrogens is 1. The second kappa shape index (κ2) is 6.51. The third kappa shape index (κ3) is 3.26. The van der Waals surface area contributed by atoms with Crippen molar-refractivity contribution < 1.29 is 13.2 Å². The number of aryl methyl sites for hydroxylation is 1. The first-order valence-corrected chi connectivity index (χ1v) is 10.6. The van der Waals surface area contributed by atoms with Crippen LogP contribution in [0.2, 0.25) is 0 Å². The van der Waals surface area contributed by atoms with E-state index in [1.165, 1.54) is 0 Å². The molecule has 2 atom stereocenters. The molecule has 1 N–H and O–H groups in total. The Bertz CT molecular complexity index is 910. The second-order valence-electron chi connectivity index (χ2n) is 7.09. The molecule has 4 rings (SSSR count). The quantitative estimate of drug-likeness (QED) is 0.860. The molecule has 7 nitrogen and oxygen atoms in total.